The molecule has 118 valence electrons. The lowest BCUT2D eigenvalue weighted by Gasteiger charge is -2.35. The van der Waals surface area contributed by atoms with Gasteiger partial charge in [0.1, 0.15) is 11.4 Å². The maximum atomic E-state index is 12.1. The summed E-state index contributed by atoms with van der Waals surface area (Å²) < 4.78 is 10.9. The van der Waals surface area contributed by atoms with E-state index in [0.717, 1.165) is 25.1 Å². The van der Waals surface area contributed by atoms with Crippen LogP contribution in [0, 0.1) is 0 Å². The Labute approximate surface area is 126 Å². The zero-order valence-electron chi connectivity index (χ0n) is 13.4. The van der Waals surface area contributed by atoms with Gasteiger partial charge in [-0.15, -0.1) is 0 Å². The van der Waals surface area contributed by atoms with Crippen molar-refractivity contribution in [3.05, 3.63) is 24.2 Å². The first-order chi connectivity index (χ1) is 9.85. The Hall–Kier alpha value is -1.49. The van der Waals surface area contributed by atoms with Gasteiger partial charge in [0.25, 0.3) is 0 Å². The Kier molecular flexibility index (Phi) is 4.93. The van der Waals surface area contributed by atoms with Crippen LogP contribution >= 0.6 is 0 Å². The van der Waals surface area contributed by atoms with E-state index in [1.165, 1.54) is 0 Å². The first-order valence-electron chi connectivity index (χ1n) is 7.62. The number of carbonyl (C=O) groups excluding carboxylic acids is 1. The number of nitrogens with zero attached hydrogens (tertiary/aromatic N) is 1. The van der Waals surface area contributed by atoms with Crippen LogP contribution in [-0.4, -0.2) is 35.7 Å². The van der Waals surface area contributed by atoms with Crippen molar-refractivity contribution in [2.75, 3.05) is 13.1 Å². The average Bonchev–Trinajstić information content (AvgIpc) is 2.91. The van der Waals surface area contributed by atoms with Gasteiger partial charge in [-0.3, -0.25) is 0 Å². The van der Waals surface area contributed by atoms with Crippen LogP contribution in [0.1, 0.15) is 52.3 Å². The first-order valence-corrected chi connectivity index (χ1v) is 7.62. The molecule has 0 unspecified atom stereocenters. The van der Waals surface area contributed by atoms with E-state index in [2.05, 4.69) is 12.2 Å². The highest BCUT2D eigenvalue weighted by atomic mass is 16.6. The van der Waals surface area contributed by atoms with Crippen molar-refractivity contribution in [1.29, 1.82) is 0 Å². The summed E-state index contributed by atoms with van der Waals surface area (Å²) in [5.41, 5.74) is -0.446. The van der Waals surface area contributed by atoms with Crippen molar-refractivity contribution in [2.45, 2.75) is 58.2 Å². The second kappa shape index (κ2) is 6.52. The van der Waals surface area contributed by atoms with Crippen LogP contribution in [0.15, 0.2) is 22.8 Å². The van der Waals surface area contributed by atoms with Crippen molar-refractivity contribution in [3.8, 4) is 0 Å². The Morgan fingerprint density at radius 2 is 2.29 bits per heavy atom. The third-order valence-electron chi connectivity index (χ3n) is 3.53. The SMILES string of the molecule is C[C@H](N[C@H]1CCCN(C(=O)OC(C)(C)C)C1)c1ccco1. The maximum absolute atomic E-state index is 12.1. The molecule has 2 rings (SSSR count). The minimum absolute atomic E-state index is 0.142. The molecule has 1 saturated heterocycles. The molecule has 1 aromatic rings. The van der Waals surface area contributed by atoms with E-state index in [1.807, 2.05) is 32.9 Å². The molecule has 1 aromatic heterocycles. The van der Waals surface area contributed by atoms with Crippen LogP contribution in [-0.2, 0) is 4.74 Å². The molecular weight excluding hydrogens is 268 g/mol. The summed E-state index contributed by atoms with van der Waals surface area (Å²) in [4.78, 5) is 13.9. The van der Waals surface area contributed by atoms with Crippen molar-refractivity contribution in [1.82, 2.24) is 10.2 Å². The van der Waals surface area contributed by atoms with Gasteiger partial charge in [-0.2, -0.15) is 0 Å². The molecule has 0 bridgehead atoms. The van der Waals surface area contributed by atoms with Crippen LogP contribution < -0.4 is 5.32 Å². The Bertz CT molecular complexity index is 451. The molecule has 1 fully saturated rings. The Morgan fingerprint density at radius 3 is 2.90 bits per heavy atom. The standard InChI is InChI=1S/C16H26N2O3/c1-12(14-8-6-10-20-14)17-13-7-5-9-18(11-13)15(19)21-16(2,3)4/h6,8,10,12-13,17H,5,7,9,11H2,1-4H3/t12-,13-/m0/s1. The van der Waals surface area contributed by atoms with Gasteiger partial charge in [0.05, 0.1) is 12.3 Å². The smallest absolute Gasteiger partial charge is 0.410 e. The summed E-state index contributed by atoms with van der Waals surface area (Å²) in [5, 5.41) is 3.53. The molecule has 2 heterocycles. The normalized spacial score (nSPS) is 21.1. The van der Waals surface area contributed by atoms with E-state index in [-0.39, 0.29) is 18.2 Å². The summed E-state index contributed by atoms with van der Waals surface area (Å²) in [6.07, 6.45) is 3.51. The number of carbonyl (C=O) groups is 1. The molecule has 0 spiro atoms. The number of amides is 1. The third kappa shape index (κ3) is 4.77. The predicted molar refractivity (Wildman–Crippen MR) is 81.1 cm³/mol. The first kappa shape index (κ1) is 15.9. The van der Waals surface area contributed by atoms with Crippen LogP contribution in [0.5, 0.6) is 0 Å². The Morgan fingerprint density at radius 1 is 1.52 bits per heavy atom. The summed E-state index contributed by atoms with van der Waals surface area (Å²) in [6.45, 7) is 9.20. The molecule has 0 aliphatic carbocycles. The number of nitrogens with one attached hydrogen (secondary N) is 1. The number of piperidine rings is 1. The highest BCUT2D eigenvalue weighted by Gasteiger charge is 2.28. The van der Waals surface area contributed by atoms with Gasteiger partial charge >= 0.3 is 6.09 Å². The van der Waals surface area contributed by atoms with Gasteiger partial charge in [-0.25, -0.2) is 4.79 Å². The monoisotopic (exact) mass is 294 g/mol. The van der Waals surface area contributed by atoms with E-state index in [1.54, 1.807) is 11.2 Å². The summed E-state index contributed by atoms with van der Waals surface area (Å²) in [5.74, 6) is 0.921. The summed E-state index contributed by atoms with van der Waals surface area (Å²) >= 11 is 0. The number of ether oxygens (including phenoxy) is 1. The van der Waals surface area contributed by atoms with Gasteiger partial charge < -0.3 is 19.4 Å². The summed E-state index contributed by atoms with van der Waals surface area (Å²) in [6, 6.07) is 4.27. The van der Waals surface area contributed by atoms with Crippen molar-refractivity contribution >= 4 is 6.09 Å². The lowest BCUT2D eigenvalue weighted by molar-refractivity contribution is 0.0183. The van der Waals surface area contributed by atoms with E-state index in [4.69, 9.17) is 9.15 Å². The average molecular weight is 294 g/mol. The second-order valence-electron chi connectivity index (χ2n) is 6.67. The zero-order valence-corrected chi connectivity index (χ0v) is 13.4. The van der Waals surface area contributed by atoms with E-state index in [0.29, 0.717) is 6.54 Å². The quantitative estimate of drug-likeness (QED) is 0.929. The zero-order chi connectivity index (χ0) is 15.5. The molecule has 1 N–H and O–H groups in total. The van der Waals surface area contributed by atoms with Crippen molar-refractivity contribution in [3.63, 3.8) is 0 Å². The molecule has 1 aliphatic heterocycles. The minimum atomic E-state index is -0.446. The third-order valence-corrected chi connectivity index (χ3v) is 3.53. The predicted octanol–water partition coefficient (Wildman–Crippen LogP) is 3.33. The number of rotatable bonds is 3. The van der Waals surface area contributed by atoms with Gasteiger partial charge in [-0.1, -0.05) is 0 Å². The maximum Gasteiger partial charge on any atom is 0.410 e. The van der Waals surface area contributed by atoms with Gasteiger partial charge in [0, 0.05) is 19.1 Å². The number of likely N-dealkylation sites (tertiary alicyclic amines) is 1. The molecule has 5 heteroatoms. The number of hydrogen-bond acceptors (Lipinski definition) is 4. The number of furan rings is 1. The highest BCUT2D eigenvalue weighted by molar-refractivity contribution is 5.68. The summed E-state index contributed by atoms with van der Waals surface area (Å²) in [7, 11) is 0. The highest BCUT2D eigenvalue weighted by Crippen LogP contribution is 2.19. The molecular formula is C16H26N2O3. The molecule has 5 nitrogen and oxygen atoms in total. The molecule has 1 amide bonds. The van der Waals surface area contributed by atoms with Crippen LogP contribution in [0.25, 0.3) is 0 Å². The molecule has 0 aromatic carbocycles. The topological polar surface area (TPSA) is 54.7 Å². The van der Waals surface area contributed by atoms with Gasteiger partial charge in [0.2, 0.25) is 0 Å². The lowest BCUT2D eigenvalue weighted by atomic mass is 10.0. The van der Waals surface area contributed by atoms with Crippen molar-refractivity contribution in [2.24, 2.45) is 0 Å². The van der Waals surface area contributed by atoms with E-state index < -0.39 is 5.60 Å². The van der Waals surface area contributed by atoms with Gasteiger partial charge in [-0.05, 0) is 52.7 Å². The van der Waals surface area contributed by atoms with E-state index >= 15 is 0 Å². The Balaban J connectivity index is 1.87. The molecule has 0 radical (unpaired) electrons. The fraction of sp³-hybridized carbons (Fsp3) is 0.688. The molecule has 1 aliphatic rings. The molecule has 0 saturated carbocycles. The lowest BCUT2D eigenvalue weighted by Crippen LogP contribution is -2.49. The molecule has 21 heavy (non-hydrogen) atoms. The van der Waals surface area contributed by atoms with Crippen LogP contribution in [0.3, 0.4) is 0 Å². The van der Waals surface area contributed by atoms with Gasteiger partial charge in [0.15, 0.2) is 0 Å². The van der Waals surface area contributed by atoms with E-state index in [9.17, 15) is 4.79 Å². The van der Waals surface area contributed by atoms with Crippen LogP contribution in [0.2, 0.25) is 0 Å². The van der Waals surface area contributed by atoms with Crippen LogP contribution in [0.4, 0.5) is 4.79 Å². The second-order valence-corrected chi connectivity index (χ2v) is 6.67. The fourth-order valence-electron chi connectivity index (χ4n) is 2.58. The van der Waals surface area contributed by atoms with Crippen molar-refractivity contribution < 1.29 is 13.9 Å². The number of hydrogen-bond donors (Lipinski definition) is 1. The molecule has 2 atom stereocenters. The fourth-order valence-corrected chi connectivity index (χ4v) is 2.58. The largest absolute Gasteiger partial charge is 0.468 e. The minimum Gasteiger partial charge on any atom is -0.468 e.